The second-order valence-electron chi connectivity index (χ2n) is 8.28. The predicted molar refractivity (Wildman–Crippen MR) is 92.7 cm³/mol. The quantitative estimate of drug-likeness (QED) is 0.778. The van der Waals surface area contributed by atoms with Crippen molar-refractivity contribution in [1.82, 2.24) is 10.2 Å². The molecule has 1 atom stereocenters. The van der Waals surface area contributed by atoms with Crippen LogP contribution in [0.4, 0.5) is 0 Å². The second-order valence-corrected chi connectivity index (χ2v) is 8.28. The average Bonchev–Trinajstić information content (AvgIpc) is 2.65. The monoisotopic (exact) mass is 294 g/mol. The van der Waals surface area contributed by atoms with E-state index >= 15 is 0 Å². The van der Waals surface area contributed by atoms with Crippen LogP contribution in [-0.2, 0) is 0 Å². The minimum absolute atomic E-state index is 0.561. The highest BCUT2D eigenvalue weighted by Gasteiger charge is 2.28. The number of hydrogen-bond acceptors (Lipinski definition) is 2. The van der Waals surface area contributed by atoms with Crippen LogP contribution in [0.3, 0.4) is 0 Å². The van der Waals surface area contributed by atoms with E-state index in [0.29, 0.717) is 5.41 Å². The van der Waals surface area contributed by atoms with Gasteiger partial charge in [0.15, 0.2) is 0 Å². The van der Waals surface area contributed by atoms with E-state index in [4.69, 9.17) is 0 Å². The molecular weight excluding hydrogens is 256 g/mol. The Morgan fingerprint density at radius 1 is 1.05 bits per heavy atom. The first-order valence-electron chi connectivity index (χ1n) is 9.56. The Morgan fingerprint density at radius 2 is 1.81 bits per heavy atom. The van der Waals surface area contributed by atoms with Gasteiger partial charge in [0, 0.05) is 12.6 Å². The molecule has 0 aromatic carbocycles. The number of nitrogens with zero attached hydrogens (tertiary/aromatic N) is 1. The van der Waals surface area contributed by atoms with Gasteiger partial charge in [-0.2, -0.15) is 0 Å². The van der Waals surface area contributed by atoms with Gasteiger partial charge in [-0.05, 0) is 69.5 Å². The van der Waals surface area contributed by atoms with E-state index in [2.05, 4.69) is 31.0 Å². The fourth-order valence-corrected chi connectivity index (χ4v) is 4.19. The number of nitrogens with one attached hydrogen (secondary N) is 1. The first-order chi connectivity index (χ1) is 10.1. The fraction of sp³-hybridized carbons (Fsp3) is 1.00. The van der Waals surface area contributed by atoms with Gasteiger partial charge < -0.3 is 10.2 Å². The van der Waals surface area contributed by atoms with E-state index in [1.165, 1.54) is 84.0 Å². The van der Waals surface area contributed by atoms with Crippen LogP contribution >= 0.6 is 0 Å². The minimum atomic E-state index is 0.561. The van der Waals surface area contributed by atoms with Gasteiger partial charge >= 0.3 is 0 Å². The molecule has 2 fully saturated rings. The summed E-state index contributed by atoms with van der Waals surface area (Å²) < 4.78 is 0. The summed E-state index contributed by atoms with van der Waals surface area (Å²) >= 11 is 0. The molecule has 2 nitrogen and oxygen atoms in total. The molecule has 0 bridgehead atoms. The van der Waals surface area contributed by atoms with Crippen LogP contribution in [0.2, 0.25) is 0 Å². The van der Waals surface area contributed by atoms with Crippen LogP contribution < -0.4 is 5.32 Å². The van der Waals surface area contributed by atoms with Crippen molar-refractivity contribution in [2.45, 2.75) is 84.6 Å². The first kappa shape index (κ1) is 17.3. The highest BCUT2D eigenvalue weighted by molar-refractivity contribution is 4.84. The Labute approximate surface area is 133 Å². The molecule has 0 radical (unpaired) electrons. The summed E-state index contributed by atoms with van der Waals surface area (Å²) in [5, 5.41) is 3.89. The summed E-state index contributed by atoms with van der Waals surface area (Å²) in [4.78, 5) is 2.76. The molecule has 21 heavy (non-hydrogen) atoms. The predicted octanol–water partition coefficient (Wildman–Crippen LogP) is 4.45. The van der Waals surface area contributed by atoms with Gasteiger partial charge in [0.2, 0.25) is 0 Å². The van der Waals surface area contributed by atoms with Crippen LogP contribution in [0, 0.1) is 11.3 Å². The summed E-state index contributed by atoms with van der Waals surface area (Å²) in [6.45, 7) is 12.3. The maximum absolute atomic E-state index is 3.89. The molecule has 0 aromatic rings. The van der Waals surface area contributed by atoms with Gasteiger partial charge in [0.05, 0.1) is 0 Å². The molecule has 124 valence electrons. The molecule has 0 amide bonds. The largest absolute Gasteiger partial charge is 0.312 e. The Kier molecular flexibility index (Phi) is 7.01. The molecular formula is C19H38N2. The molecule has 1 heterocycles. The lowest BCUT2D eigenvalue weighted by Crippen LogP contribution is -2.46. The summed E-state index contributed by atoms with van der Waals surface area (Å²) in [6, 6.07) is 0.742. The van der Waals surface area contributed by atoms with E-state index in [9.17, 15) is 0 Å². The summed E-state index contributed by atoms with van der Waals surface area (Å²) in [5.74, 6) is 0.932. The lowest BCUT2D eigenvalue weighted by molar-refractivity contribution is 0.182. The van der Waals surface area contributed by atoms with Gasteiger partial charge in [-0.15, -0.1) is 0 Å². The molecule has 0 spiro atoms. The molecule has 2 heteroatoms. The van der Waals surface area contributed by atoms with E-state index in [0.717, 1.165) is 12.0 Å². The Hall–Kier alpha value is -0.0800. The van der Waals surface area contributed by atoms with Crippen LogP contribution in [0.15, 0.2) is 0 Å². The third kappa shape index (κ3) is 5.90. The molecule has 1 aliphatic heterocycles. The molecule has 1 saturated carbocycles. The van der Waals surface area contributed by atoms with Gasteiger partial charge in [0.25, 0.3) is 0 Å². The summed E-state index contributed by atoms with van der Waals surface area (Å²) in [7, 11) is 0. The third-order valence-corrected chi connectivity index (χ3v) is 5.76. The smallest absolute Gasteiger partial charge is 0.0223 e. The van der Waals surface area contributed by atoms with E-state index in [1.807, 2.05) is 0 Å². The Morgan fingerprint density at radius 3 is 2.52 bits per heavy atom. The van der Waals surface area contributed by atoms with Crippen molar-refractivity contribution in [3.8, 4) is 0 Å². The maximum atomic E-state index is 3.89. The van der Waals surface area contributed by atoms with Crippen molar-refractivity contribution >= 4 is 0 Å². The van der Waals surface area contributed by atoms with Crippen molar-refractivity contribution in [2.75, 3.05) is 26.2 Å². The highest BCUT2D eigenvalue weighted by Crippen LogP contribution is 2.31. The maximum Gasteiger partial charge on any atom is 0.0223 e. The molecule has 1 unspecified atom stereocenters. The van der Waals surface area contributed by atoms with Gasteiger partial charge in [-0.3, -0.25) is 0 Å². The normalized spacial score (nSPS) is 26.4. The molecule has 1 N–H and O–H groups in total. The lowest BCUT2D eigenvalue weighted by Gasteiger charge is -2.35. The Bertz CT molecular complexity index is 281. The lowest BCUT2D eigenvalue weighted by atomic mass is 9.83. The molecule has 1 aliphatic carbocycles. The zero-order valence-corrected chi connectivity index (χ0v) is 14.8. The van der Waals surface area contributed by atoms with Gasteiger partial charge in [-0.1, -0.05) is 40.0 Å². The van der Waals surface area contributed by atoms with Crippen molar-refractivity contribution in [2.24, 2.45) is 11.3 Å². The molecule has 2 rings (SSSR count). The Balaban J connectivity index is 1.87. The first-order valence-corrected chi connectivity index (χ1v) is 9.56. The number of hydrogen-bond donors (Lipinski definition) is 1. The van der Waals surface area contributed by atoms with E-state index < -0.39 is 0 Å². The van der Waals surface area contributed by atoms with Crippen molar-refractivity contribution < 1.29 is 0 Å². The van der Waals surface area contributed by atoms with Crippen LogP contribution in [0.5, 0.6) is 0 Å². The summed E-state index contributed by atoms with van der Waals surface area (Å²) in [5.41, 5.74) is 0.561. The standard InChI is InChI=1S/C19H38N2/c1-4-13-20-18(17-9-6-5-7-10-17)16-21-14-8-11-19(2,3)12-15-21/h17-18,20H,4-16H2,1-3H3. The zero-order chi connectivity index (χ0) is 15.1. The van der Waals surface area contributed by atoms with Gasteiger partial charge in [-0.25, -0.2) is 0 Å². The summed E-state index contributed by atoms with van der Waals surface area (Å²) in [6.07, 6.45) is 12.7. The van der Waals surface area contributed by atoms with Crippen LogP contribution in [-0.4, -0.2) is 37.1 Å². The topological polar surface area (TPSA) is 15.3 Å². The van der Waals surface area contributed by atoms with Crippen LogP contribution in [0.1, 0.15) is 78.6 Å². The molecule has 2 aliphatic rings. The second kappa shape index (κ2) is 8.53. The SMILES string of the molecule is CCCNC(CN1CCCC(C)(C)CC1)C1CCCCC1. The molecule has 1 saturated heterocycles. The van der Waals surface area contributed by atoms with E-state index in [-0.39, 0.29) is 0 Å². The van der Waals surface area contributed by atoms with Gasteiger partial charge in [0.1, 0.15) is 0 Å². The van der Waals surface area contributed by atoms with Crippen molar-refractivity contribution in [3.05, 3.63) is 0 Å². The third-order valence-electron chi connectivity index (χ3n) is 5.76. The minimum Gasteiger partial charge on any atom is -0.312 e. The fourth-order valence-electron chi connectivity index (χ4n) is 4.19. The number of likely N-dealkylation sites (tertiary alicyclic amines) is 1. The molecule has 0 aromatic heterocycles. The van der Waals surface area contributed by atoms with Crippen LogP contribution in [0.25, 0.3) is 0 Å². The van der Waals surface area contributed by atoms with Crippen molar-refractivity contribution in [3.63, 3.8) is 0 Å². The van der Waals surface area contributed by atoms with Crippen molar-refractivity contribution in [1.29, 1.82) is 0 Å². The zero-order valence-electron chi connectivity index (χ0n) is 14.8. The highest BCUT2D eigenvalue weighted by atomic mass is 15.2. The average molecular weight is 295 g/mol. The van der Waals surface area contributed by atoms with E-state index in [1.54, 1.807) is 0 Å². The number of rotatable bonds is 6.